The summed E-state index contributed by atoms with van der Waals surface area (Å²) in [5, 5.41) is 11.9. The molecule has 2 unspecified atom stereocenters. The summed E-state index contributed by atoms with van der Waals surface area (Å²) in [5.41, 5.74) is 1.16. The fraction of sp³-hybridized carbons (Fsp3) is 0.867. The van der Waals surface area contributed by atoms with E-state index in [1.54, 1.807) is 0 Å². The van der Waals surface area contributed by atoms with Crippen LogP contribution in [-0.2, 0) is 13.5 Å². The second-order valence-electron chi connectivity index (χ2n) is 6.31. The Balaban J connectivity index is 1.95. The first-order valence-corrected chi connectivity index (χ1v) is 7.73. The average molecular weight is 264 g/mol. The lowest BCUT2D eigenvalue weighted by Crippen LogP contribution is -2.33. The molecule has 1 fully saturated rings. The Morgan fingerprint density at radius 2 is 2.00 bits per heavy atom. The zero-order chi connectivity index (χ0) is 13.7. The average Bonchev–Trinajstić information content (AvgIpc) is 2.64. The van der Waals surface area contributed by atoms with Gasteiger partial charge in [0.05, 0.1) is 5.69 Å². The van der Waals surface area contributed by atoms with Gasteiger partial charge in [-0.3, -0.25) is 4.68 Å². The molecule has 4 heteroatoms. The van der Waals surface area contributed by atoms with Crippen LogP contribution in [0, 0.1) is 11.8 Å². The molecule has 4 nitrogen and oxygen atoms in total. The van der Waals surface area contributed by atoms with Crippen molar-refractivity contribution < 1.29 is 0 Å². The van der Waals surface area contributed by atoms with Crippen LogP contribution in [0.1, 0.15) is 51.6 Å². The van der Waals surface area contributed by atoms with Gasteiger partial charge in [0.25, 0.3) is 0 Å². The third-order valence-corrected chi connectivity index (χ3v) is 4.23. The van der Waals surface area contributed by atoms with E-state index >= 15 is 0 Å². The maximum absolute atomic E-state index is 4.26. The van der Waals surface area contributed by atoms with Crippen LogP contribution in [0.5, 0.6) is 0 Å². The van der Waals surface area contributed by atoms with Crippen LogP contribution in [0.4, 0.5) is 0 Å². The van der Waals surface area contributed by atoms with E-state index in [1.165, 1.54) is 32.1 Å². The molecule has 1 saturated carbocycles. The minimum Gasteiger partial charge on any atom is -0.314 e. The lowest BCUT2D eigenvalue weighted by atomic mass is 9.84. The smallest absolute Gasteiger partial charge is 0.0829 e. The molecule has 0 spiro atoms. The summed E-state index contributed by atoms with van der Waals surface area (Å²) in [6.07, 6.45) is 10.0. The molecular weight excluding hydrogens is 236 g/mol. The van der Waals surface area contributed by atoms with Crippen LogP contribution in [0.25, 0.3) is 0 Å². The van der Waals surface area contributed by atoms with Crippen molar-refractivity contribution in [3.63, 3.8) is 0 Å². The molecule has 108 valence electrons. The lowest BCUT2D eigenvalue weighted by Gasteiger charge is -2.25. The molecule has 0 aromatic carbocycles. The van der Waals surface area contributed by atoms with Crippen LogP contribution in [0.15, 0.2) is 6.20 Å². The highest BCUT2D eigenvalue weighted by molar-refractivity contribution is 4.95. The van der Waals surface area contributed by atoms with Gasteiger partial charge in [-0.1, -0.05) is 38.3 Å². The second-order valence-corrected chi connectivity index (χ2v) is 6.31. The normalized spacial score (nSPS) is 24.6. The van der Waals surface area contributed by atoms with E-state index < -0.39 is 0 Å². The molecule has 1 aromatic rings. The molecule has 1 aliphatic rings. The highest BCUT2D eigenvalue weighted by Gasteiger charge is 2.24. The van der Waals surface area contributed by atoms with Crippen molar-refractivity contribution >= 4 is 0 Å². The molecule has 0 amide bonds. The highest BCUT2D eigenvalue weighted by Crippen LogP contribution is 2.30. The summed E-state index contributed by atoms with van der Waals surface area (Å²) in [5.74, 6) is 1.57. The summed E-state index contributed by atoms with van der Waals surface area (Å²) in [7, 11) is 1.95. The molecule has 0 saturated heterocycles. The van der Waals surface area contributed by atoms with Gasteiger partial charge < -0.3 is 5.32 Å². The van der Waals surface area contributed by atoms with E-state index in [-0.39, 0.29) is 0 Å². The Hall–Kier alpha value is -0.900. The number of rotatable bonds is 5. The maximum Gasteiger partial charge on any atom is 0.0829 e. The largest absolute Gasteiger partial charge is 0.314 e. The van der Waals surface area contributed by atoms with Crippen LogP contribution in [0.3, 0.4) is 0 Å². The standard InChI is InChI=1S/C15H28N4/c1-12(2)16-10-14-8-6-4-5-7-13(14)9-15-11-19(3)18-17-15/h11-14,16H,4-10H2,1-3H3. The van der Waals surface area contributed by atoms with Crippen molar-refractivity contribution in [3.8, 4) is 0 Å². The Morgan fingerprint density at radius 1 is 1.26 bits per heavy atom. The second kappa shape index (κ2) is 7.04. The number of hydrogen-bond acceptors (Lipinski definition) is 3. The van der Waals surface area contributed by atoms with E-state index in [4.69, 9.17) is 0 Å². The summed E-state index contributed by atoms with van der Waals surface area (Å²) in [4.78, 5) is 0. The summed E-state index contributed by atoms with van der Waals surface area (Å²) < 4.78 is 1.81. The molecular formula is C15H28N4. The minimum atomic E-state index is 0.584. The molecule has 0 aliphatic heterocycles. The third kappa shape index (κ3) is 4.60. The predicted octanol–water partition coefficient (Wildman–Crippen LogP) is 2.55. The van der Waals surface area contributed by atoms with Gasteiger partial charge in [0.1, 0.15) is 0 Å². The first-order chi connectivity index (χ1) is 9.15. The summed E-state index contributed by atoms with van der Waals surface area (Å²) >= 11 is 0. The Bertz CT molecular complexity index is 372. The van der Waals surface area contributed by atoms with Crippen LogP contribution < -0.4 is 5.32 Å². The zero-order valence-corrected chi connectivity index (χ0v) is 12.6. The van der Waals surface area contributed by atoms with Crippen molar-refractivity contribution in [1.29, 1.82) is 0 Å². The maximum atomic E-state index is 4.26. The minimum absolute atomic E-state index is 0.584. The summed E-state index contributed by atoms with van der Waals surface area (Å²) in [6, 6.07) is 0.584. The van der Waals surface area contributed by atoms with Crippen molar-refractivity contribution in [2.75, 3.05) is 6.54 Å². The number of nitrogens with zero attached hydrogens (tertiary/aromatic N) is 3. The molecule has 1 N–H and O–H groups in total. The van der Waals surface area contributed by atoms with Crippen molar-refractivity contribution in [1.82, 2.24) is 20.3 Å². The van der Waals surface area contributed by atoms with Crippen molar-refractivity contribution in [3.05, 3.63) is 11.9 Å². The van der Waals surface area contributed by atoms with Crippen molar-refractivity contribution in [2.24, 2.45) is 18.9 Å². The van der Waals surface area contributed by atoms with Gasteiger partial charge >= 0.3 is 0 Å². The van der Waals surface area contributed by atoms with E-state index in [2.05, 4.69) is 35.7 Å². The van der Waals surface area contributed by atoms with Crippen molar-refractivity contribution in [2.45, 2.75) is 58.4 Å². The SMILES string of the molecule is CC(C)NCC1CCCCCC1Cc1cn(C)nn1. The Morgan fingerprint density at radius 3 is 2.63 bits per heavy atom. The highest BCUT2D eigenvalue weighted by atomic mass is 15.4. The molecule has 2 rings (SSSR count). The number of hydrogen-bond donors (Lipinski definition) is 1. The first kappa shape index (κ1) is 14.5. The molecule has 2 atom stereocenters. The van der Waals surface area contributed by atoms with E-state index in [0.29, 0.717) is 6.04 Å². The Labute approximate surface area is 117 Å². The number of aryl methyl sites for hydroxylation is 1. The number of nitrogens with one attached hydrogen (secondary N) is 1. The molecule has 0 radical (unpaired) electrons. The van der Waals surface area contributed by atoms with E-state index in [1.807, 2.05) is 11.7 Å². The van der Waals surface area contributed by atoms with E-state index in [9.17, 15) is 0 Å². The fourth-order valence-electron chi connectivity index (χ4n) is 3.14. The fourth-order valence-corrected chi connectivity index (χ4v) is 3.14. The van der Waals surface area contributed by atoms with E-state index in [0.717, 1.165) is 30.5 Å². The number of aromatic nitrogens is 3. The van der Waals surface area contributed by atoms with Gasteiger partial charge in [0.2, 0.25) is 0 Å². The topological polar surface area (TPSA) is 42.7 Å². The monoisotopic (exact) mass is 264 g/mol. The molecule has 19 heavy (non-hydrogen) atoms. The first-order valence-electron chi connectivity index (χ1n) is 7.73. The van der Waals surface area contributed by atoms with Crippen LogP contribution in [0.2, 0.25) is 0 Å². The van der Waals surface area contributed by atoms with Gasteiger partial charge in [-0.05, 0) is 37.6 Å². The van der Waals surface area contributed by atoms with Gasteiger partial charge in [0, 0.05) is 19.3 Å². The molecule has 0 bridgehead atoms. The quantitative estimate of drug-likeness (QED) is 0.831. The predicted molar refractivity (Wildman–Crippen MR) is 77.9 cm³/mol. The summed E-state index contributed by atoms with van der Waals surface area (Å²) in [6.45, 7) is 5.62. The van der Waals surface area contributed by atoms with Gasteiger partial charge in [-0.25, -0.2) is 0 Å². The van der Waals surface area contributed by atoms with Crippen LogP contribution >= 0.6 is 0 Å². The zero-order valence-electron chi connectivity index (χ0n) is 12.6. The third-order valence-electron chi connectivity index (χ3n) is 4.23. The van der Waals surface area contributed by atoms with Gasteiger partial charge in [-0.15, -0.1) is 5.10 Å². The molecule has 1 aliphatic carbocycles. The molecule has 1 aromatic heterocycles. The lowest BCUT2D eigenvalue weighted by molar-refractivity contribution is 0.289. The van der Waals surface area contributed by atoms with Gasteiger partial charge in [-0.2, -0.15) is 0 Å². The van der Waals surface area contributed by atoms with Gasteiger partial charge in [0.15, 0.2) is 0 Å². The molecule has 1 heterocycles. The van der Waals surface area contributed by atoms with Crippen LogP contribution in [-0.4, -0.2) is 27.6 Å². The Kier molecular flexibility index (Phi) is 5.37.